The number of hydrogen-bond acceptors (Lipinski definition) is 3. The Bertz CT molecular complexity index is 3160. The van der Waals surface area contributed by atoms with Crippen LogP contribution in [0.5, 0.6) is 11.5 Å². The molecule has 0 amide bonds. The van der Waals surface area contributed by atoms with E-state index in [4.69, 9.17) is 14.8 Å². The van der Waals surface area contributed by atoms with Crippen LogP contribution >= 0.6 is 0 Å². The number of aryl methyl sites for hydroxylation is 3. The van der Waals surface area contributed by atoms with E-state index in [0.717, 1.165) is 55.8 Å². The predicted octanol–water partition coefficient (Wildman–Crippen LogP) is 12.7. The zero-order valence-corrected chi connectivity index (χ0v) is 35.5. The molecule has 6 aromatic carbocycles. The summed E-state index contributed by atoms with van der Waals surface area (Å²) in [4.78, 5) is 4.98. The number of ether oxygens (including phenoxy) is 1. The third kappa shape index (κ3) is 6.33. The van der Waals surface area contributed by atoms with E-state index in [-0.39, 0.29) is 26.5 Å². The number of benzene rings is 6. The van der Waals surface area contributed by atoms with Crippen LogP contribution in [-0.2, 0) is 26.5 Å². The van der Waals surface area contributed by atoms with Gasteiger partial charge in [0.15, 0.2) is 0 Å². The third-order valence-electron chi connectivity index (χ3n) is 11.0. The third-order valence-corrected chi connectivity index (χ3v) is 11.0. The maximum absolute atomic E-state index is 6.56. The molecule has 0 saturated carbocycles. The topological polar surface area (TPSA) is 49.8 Å². The molecule has 6 nitrogen and oxygen atoms in total. The van der Waals surface area contributed by atoms with Gasteiger partial charge in [-0.1, -0.05) is 86.4 Å². The van der Waals surface area contributed by atoms with E-state index in [1.54, 1.807) is 0 Å². The summed E-state index contributed by atoms with van der Waals surface area (Å²) in [6.45, 7) is 13.1. The van der Waals surface area contributed by atoms with Crippen LogP contribution in [0.15, 0.2) is 140 Å². The van der Waals surface area contributed by atoms with Crippen molar-refractivity contribution in [3.05, 3.63) is 174 Å². The van der Waals surface area contributed by atoms with Crippen LogP contribution in [0.2, 0.25) is 0 Å². The van der Waals surface area contributed by atoms with Crippen molar-refractivity contribution in [3.63, 3.8) is 0 Å². The number of rotatable bonds is 6. The average molecular weight is 935 g/mol. The smallest absolute Gasteiger partial charge is 0.509 e. The average Bonchev–Trinajstić information content (AvgIpc) is 3.89. The van der Waals surface area contributed by atoms with Crippen molar-refractivity contribution in [2.75, 3.05) is 0 Å². The van der Waals surface area contributed by atoms with Crippen molar-refractivity contribution < 1.29 is 25.8 Å². The Hall–Kier alpha value is -6.23. The molecule has 0 radical (unpaired) electrons. The van der Waals surface area contributed by atoms with Gasteiger partial charge >= 0.3 is 21.1 Å². The van der Waals surface area contributed by atoms with Crippen molar-refractivity contribution in [2.45, 2.75) is 47.0 Å². The standard InChI is InChI=1S/C51H41N5O.Pt/c1-32-25-33(2)50(34(3)26-32)44-22-24-54(53-44)37-15-12-16-38(28-37)57-39-19-20-41-43-30-42-40-17-10-11-18-45(40)55(36-13-8-7-9-14-36)47(42)31-48(43)56(46(41)29-39)49-27-35(21-23-52-49)51(4,5)6;/h7-27,30-31H,1-6H3;/q-2;+2. The fourth-order valence-corrected chi connectivity index (χ4v) is 8.47. The molecule has 0 N–H and O–H groups in total. The molecule has 0 aliphatic carbocycles. The van der Waals surface area contributed by atoms with Gasteiger partial charge in [0.2, 0.25) is 0 Å². The largest absolute Gasteiger partial charge is 2.00 e. The van der Waals surface area contributed by atoms with E-state index in [1.807, 2.05) is 41.3 Å². The Labute approximate surface area is 352 Å². The van der Waals surface area contributed by atoms with Gasteiger partial charge in [0.1, 0.15) is 5.82 Å². The molecular weight excluding hydrogens is 894 g/mol. The summed E-state index contributed by atoms with van der Waals surface area (Å²) < 4.78 is 13.0. The fourth-order valence-electron chi connectivity index (χ4n) is 8.47. The van der Waals surface area contributed by atoms with E-state index in [1.165, 1.54) is 38.5 Å². The van der Waals surface area contributed by atoms with E-state index in [9.17, 15) is 0 Å². The summed E-state index contributed by atoms with van der Waals surface area (Å²) in [6.07, 6.45) is 3.89. The van der Waals surface area contributed by atoms with Gasteiger partial charge in [-0.3, -0.25) is 4.68 Å². The molecule has 4 heterocycles. The molecule has 58 heavy (non-hydrogen) atoms. The maximum atomic E-state index is 6.56. The number of para-hydroxylation sites is 2. The van der Waals surface area contributed by atoms with Crippen molar-refractivity contribution in [1.82, 2.24) is 23.9 Å². The summed E-state index contributed by atoms with van der Waals surface area (Å²) in [5.74, 6) is 2.00. The molecule has 4 aromatic heterocycles. The molecule has 0 aliphatic heterocycles. The molecule has 7 heteroatoms. The summed E-state index contributed by atoms with van der Waals surface area (Å²) in [5.41, 5.74) is 13.1. The zero-order chi connectivity index (χ0) is 39.0. The predicted molar refractivity (Wildman–Crippen MR) is 233 cm³/mol. The first kappa shape index (κ1) is 37.4. The Kier molecular flexibility index (Phi) is 9.21. The van der Waals surface area contributed by atoms with Crippen molar-refractivity contribution >= 4 is 43.6 Å². The quantitative estimate of drug-likeness (QED) is 0.156. The van der Waals surface area contributed by atoms with Gasteiger partial charge in [-0.25, -0.2) is 4.98 Å². The number of hydrogen-bond donors (Lipinski definition) is 0. The van der Waals surface area contributed by atoms with Crippen LogP contribution in [0, 0.1) is 32.9 Å². The first-order valence-corrected chi connectivity index (χ1v) is 19.4. The molecule has 0 unspecified atom stereocenters. The van der Waals surface area contributed by atoms with Crippen LogP contribution in [0.4, 0.5) is 0 Å². The second-order valence-electron chi connectivity index (χ2n) is 16.1. The number of nitrogens with zero attached hydrogens (tertiary/aromatic N) is 5. The first-order chi connectivity index (χ1) is 27.6. The fraction of sp³-hybridized carbons (Fsp3) is 0.137. The Morgan fingerprint density at radius 2 is 1.33 bits per heavy atom. The minimum absolute atomic E-state index is 0. The van der Waals surface area contributed by atoms with E-state index < -0.39 is 0 Å². The van der Waals surface area contributed by atoms with Crippen LogP contribution in [0.3, 0.4) is 0 Å². The summed E-state index contributed by atoms with van der Waals surface area (Å²) >= 11 is 0. The van der Waals surface area contributed by atoms with Gasteiger partial charge in [-0.15, -0.1) is 35.7 Å². The zero-order valence-electron chi connectivity index (χ0n) is 33.2. The molecule has 0 bridgehead atoms. The molecule has 0 aliphatic rings. The van der Waals surface area contributed by atoms with E-state index in [0.29, 0.717) is 11.5 Å². The van der Waals surface area contributed by atoms with Crippen molar-refractivity contribution in [1.29, 1.82) is 0 Å². The van der Waals surface area contributed by atoms with Crippen LogP contribution in [0.25, 0.3) is 72.1 Å². The minimum atomic E-state index is -0.0601. The SMILES string of the molecule is Cc1cc(C)c(-c2ccn(-c3[c-]c(Oc4[c-]c5c(cc4)c4cc6c7ccccc7n(-c7ccccc7)c6cc4n5-c4cc(C(C)(C)C)ccn4)ccc3)n2)c(C)c1.[Pt+2]. The molecule has 0 fully saturated rings. The Morgan fingerprint density at radius 1 is 0.603 bits per heavy atom. The number of aromatic nitrogens is 5. The van der Waals surface area contributed by atoms with Gasteiger partial charge < -0.3 is 13.9 Å². The van der Waals surface area contributed by atoms with E-state index in [2.05, 4.69) is 166 Å². The summed E-state index contributed by atoms with van der Waals surface area (Å²) in [5, 5.41) is 9.56. The van der Waals surface area contributed by atoms with E-state index >= 15 is 0 Å². The molecule has 286 valence electrons. The Balaban J connectivity index is 0.00000436. The molecule has 10 rings (SSSR count). The van der Waals surface area contributed by atoms with Gasteiger partial charge in [-0.2, -0.15) is 17.2 Å². The second-order valence-corrected chi connectivity index (χ2v) is 16.1. The Morgan fingerprint density at radius 3 is 2.12 bits per heavy atom. The molecule has 0 spiro atoms. The normalized spacial score (nSPS) is 11.8. The van der Waals surface area contributed by atoms with Gasteiger partial charge in [-0.05, 0) is 96.4 Å². The van der Waals surface area contributed by atoms with Gasteiger partial charge in [0, 0.05) is 51.4 Å². The minimum Gasteiger partial charge on any atom is -0.509 e. The van der Waals surface area contributed by atoms with Crippen LogP contribution in [-0.4, -0.2) is 23.9 Å². The molecule has 10 aromatic rings. The molecule has 0 atom stereocenters. The van der Waals surface area contributed by atoms with Crippen molar-refractivity contribution in [2.24, 2.45) is 0 Å². The maximum Gasteiger partial charge on any atom is 2.00 e. The number of fused-ring (bicyclic) bond motifs is 6. The monoisotopic (exact) mass is 934 g/mol. The van der Waals surface area contributed by atoms with Gasteiger partial charge in [0.25, 0.3) is 0 Å². The van der Waals surface area contributed by atoms with Gasteiger partial charge in [0.05, 0.1) is 16.7 Å². The first-order valence-electron chi connectivity index (χ1n) is 19.4. The summed E-state index contributed by atoms with van der Waals surface area (Å²) in [6, 6.07) is 51.8. The molecular formula is C51H41N5OPt. The molecule has 0 saturated heterocycles. The summed E-state index contributed by atoms with van der Waals surface area (Å²) in [7, 11) is 0. The number of pyridine rings is 1. The van der Waals surface area contributed by atoms with Crippen LogP contribution < -0.4 is 4.74 Å². The second kappa shape index (κ2) is 14.3. The van der Waals surface area contributed by atoms with Crippen molar-refractivity contribution in [3.8, 4) is 39.9 Å². The van der Waals surface area contributed by atoms with Crippen LogP contribution in [0.1, 0.15) is 43.0 Å².